The van der Waals surface area contributed by atoms with Gasteiger partial charge in [-0.2, -0.15) is 0 Å². The SMILES string of the molecule is C[C@]1(CSc2ccccc2C(=O)N2CCN(Cc3cccs3)CC2)NC(=O)NC1=O. The molecule has 2 N–H and O–H groups in total. The fraction of sp³-hybridized carbons (Fsp3) is 0.381. The minimum absolute atomic E-state index is 0.0129. The van der Waals surface area contributed by atoms with E-state index in [1.54, 1.807) is 18.3 Å². The van der Waals surface area contributed by atoms with Crippen LogP contribution in [0.15, 0.2) is 46.7 Å². The first-order chi connectivity index (χ1) is 14.4. The van der Waals surface area contributed by atoms with Gasteiger partial charge >= 0.3 is 6.03 Å². The number of thioether (sulfide) groups is 1. The minimum Gasteiger partial charge on any atom is -0.336 e. The third-order valence-electron chi connectivity index (χ3n) is 5.37. The van der Waals surface area contributed by atoms with Crippen LogP contribution in [-0.2, 0) is 11.3 Å². The monoisotopic (exact) mass is 444 g/mol. The van der Waals surface area contributed by atoms with Gasteiger partial charge in [-0.3, -0.25) is 19.8 Å². The normalized spacial score (nSPS) is 22.1. The Morgan fingerprint density at radius 1 is 1.13 bits per heavy atom. The topological polar surface area (TPSA) is 81.8 Å². The van der Waals surface area contributed by atoms with Crippen LogP contribution in [0.3, 0.4) is 0 Å². The molecule has 0 radical (unpaired) electrons. The van der Waals surface area contributed by atoms with E-state index in [2.05, 4.69) is 33.0 Å². The Kier molecular flexibility index (Phi) is 6.12. The summed E-state index contributed by atoms with van der Waals surface area (Å²) in [6, 6.07) is 11.2. The zero-order valence-electron chi connectivity index (χ0n) is 16.7. The van der Waals surface area contributed by atoms with Crippen molar-refractivity contribution in [3.05, 3.63) is 52.2 Å². The highest BCUT2D eigenvalue weighted by molar-refractivity contribution is 7.99. The molecule has 7 nitrogen and oxygen atoms in total. The summed E-state index contributed by atoms with van der Waals surface area (Å²) < 4.78 is 0. The minimum atomic E-state index is -0.981. The zero-order valence-corrected chi connectivity index (χ0v) is 18.4. The number of urea groups is 1. The quantitative estimate of drug-likeness (QED) is 0.528. The summed E-state index contributed by atoms with van der Waals surface area (Å²) in [4.78, 5) is 43.1. The first kappa shape index (κ1) is 20.9. The number of carbonyl (C=O) groups is 3. The molecule has 4 amide bonds. The molecule has 0 bridgehead atoms. The average Bonchev–Trinajstić information content (AvgIpc) is 3.34. The molecular weight excluding hydrogens is 420 g/mol. The first-order valence-electron chi connectivity index (χ1n) is 9.84. The van der Waals surface area contributed by atoms with Gasteiger partial charge in [0.2, 0.25) is 0 Å². The number of carbonyl (C=O) groups excluding carboxylic acids is 3. The number of nitrogens with one attached hydrogen (secondary N) is 2. The Hall–Kier alpha value is -2.36. The summed E-state index contributed by atoms with van der Waals surface area (Å²) in [5.41, 5.74) is -0.340. The van der Waals surface area contributed by atoms with Gasteiger partial charge in [-0.15, -0.1) is 23.1 Å². The maximum absolute atomic E-state index is 13.2. The summed E-state index contributed by atoms with van der Waals surface area (Å²) >= 11 is 3.17. The zero-order chi connectivity index (χ0) is 21.1. The molecule has 1 aromatic heterocycles. The predicted molar refractivity (Wildman–Crippen MR) is 118 cm³/mol. The lowest BCUT2D eigenvalue weighted by Gasteiger charge is -2.34. The van der Waals surface area contributed by atoms with Crippen LogP contribution in [-0.4, -0.2) is 65.1 Å². The van der Waals surface area contributed by atoms with Gasteiger partial charge in [0.15, 0.2) is 0 Å². The van der Waals surface area contributed by atoms with Crippen LogP contribution >= 0.6 is 23.1 Å². The Morgan fingerprint density at radius 2 is 1.90 bits per heavy atom. The number of rotatable bonds is 6. The fourth-order valence-corrected chi connectivity index (χ4v) is 5.45. The Balaban J connectivity index is 1.38. The molecule has 30 heavy (non-hydrogen) atoms. The number of nitrogens with zero attached hydrogens (tertiary/aromatic N) is 2. The highest BCUT2D eigenvalue weighted by Crippen LogP contribution is 2.28. The number of hydrogen-bond donors (Lipinski definition) is 2. The van der Waals surface area contributed by atoms with Gasteiger partial charge in [-0.25, -0.2) is 4.79 Å². The van der Waals surface area contributed by atoms with Gasteiger partial charge in [-0.1, -0.05) is 18.2 Å². The number of amides is 4. The maximum Gasteiger partial charge on any atom is 0.322 e. The summed E-state index contributed by atoms with van der Waals surface area (Å²) in [5, 5.41) is 7.02. The smallest absolute Gasteiger partial charge is 0.322 e. The van der Waals surface area contributed by atoms with E-state index in [1.807, 2.05) is 29.2 Å². The van der Waals surface area contributed by atoms with E-state index in [9.17, 15) is 14.4 Å². The van der Waals surface area contributed by atoms with Crippen molar-refractivity contribution in [1.29, 1.82) is 0 Å². The molecule has 3 heterocycles. The number of piperazine rings is 1. The van der Waals surface area contributed by atoms with E-state index in [1.165, 1.54) is 16.6 Å². The Morgan fingerprint density at radius 3 is 2.57 bits per heavy atom. The highest BCUT2D eigenvalue weighted by atomic mass is 32.2. The summed E-state index contributed by atoms with van der Waals surface area (Å²) in [5.74, 6) is 0.0216. The van der Waals surface area contributed by atoms with Crippen molar-refractivity contribution in [3.8, 4) is 0 Å². The first-order valence-corrected chi connectivity index (χ1v) is 11.7. The van der Waals surface area contributed by atoms with Gasteiger partial charge in [0.05, 0.1) is 5.56 Å². The second-order valence-electron chi connectivity index (χ2n) is 7.67. The van der Waals surface area contributed by atoms with Crippen molar-refractivity contribution in [3.63, 3.8) is 0 Å². The van der Waals surface area contributed by atoms with E-state index >= 15 is 0 Å². The van der Waals surface area contributed by atoms with Crippen LogP contribution in [0.4, 0.5) is 4.79 Å². The van der Waals surface area contributed by atoms with Crippen LogP contribution in [0, 0.1) is 0 Å². The lowest BCUT2D eigenvalue weighted by atomic mass is 10.1. The standard InChI is InChI=1S/C21H24N4O3S2/c1-21(19(27)22-20(28)23-21)14-30-17-7-3-2-6-16(17)18(26)25-10-8-24(9-11-25)13-15-5-4-12-29-15/h2-7,12H,8-11,13-14H2,1H3,(H2,22,23,27,28)/t21-/m1/s1. The second-order valence-corrected chi connectivity index (χ2v) is 9.72. The van der Waals surface area contributed by atoms with Crippen molar-refractivity contribution in [2.75, 3.05) is 31.9 Å². The van der Waals surface area contributed by atoms with Gasteiger partial charge < -0.3 is 10.2 Å². The molecule has 2 aliphatic rings. The third kappa shape index (κ3) is 4.53. The van der Waals surface area contributed by atoms with Crippen LogP contribution in [0.2, 0.25) is 0 Å². The van der Waals surface area contributed by atoms with Crippen LogP contribution in [0.5, 0.6) is 0 Å². The van der Waals surface area contributed by atoms with Crippen LogP contribution in [0.1, 0.15) is 22.2 Å². The van der Waals surface area contributed by atoms with Crippen molar-refractivity contribution in [2.45, 2.75) is 23.9 Å². The molecule has 0 unspecified atom stereocenters. The molecule has 0 saturated carbocycles. The van der Waals surface area contributed by atoms with Crippen molar-refractivity contribution < 1.29 is 14.4 Å². The van der Waals surface area contributed by atoms with E-state index < -0.39 is 11.6 Å². The van der Waals surface area contributed by atoms with Crippen LogP contribution < -0.4 is 10.6 Å². The van der Waals surface area contributed by atoms with Crippen molar-refractivity contribution >= 4 is 40.9 Å². The molecule has 1 atom stereocenters. The van der Waals surface area contributed by atoms with E-state index in [-0.39, 0.29) is 11.8 Å². The highest BCUT2D eigenvalue weighted by Gasteiger charge is 2.42. The van der Waals surface area contributed by atoms with Gasteiger partial charge in [0.1, 0.15) is 5.54 Å². The van der Waals surface area contributed by atoms with Crippen molar-refractivity contribution in [1.82, 2.24) is 20.4 Å². The van der Waals surface area contributed by atoms with Crippen molar-refractivity contribution in [2.24, 2.45) is 0 Å². The molecule has 4 rings (SSSR count). The largest absolute Gasteiger partial charge is 0.336 e. The summed E-state index contributed by atoms with van der Waals surface area (Å²) in [7, 11) is 0. The lowest BCUT2D eigenvalue weighted by Crippen LogP contribution is -2.48. The summed E-state index contributed by atoms with van der Waals surface area (Å²) in [6.07, 6.45) is 0. The lowest BCUT2D eigenvalue weighted by molar-refractivity contribution is -0.122. The molecule has 0 spiro atoms. The van der Waals surface area contributed by atoms with Gasteiger partial charge in [0, 0.05) is 48.2 Å². The van der Waals surface area contributed by atoms with Crippen LogP contribution in [0.25, 0.3) is 0 Å². The third-order valence-corrected chi connectivity index (χ3v) is 7.62. The number of benzene rings is 1. The molecule has 2 aliphatic heterocycles. The van der Waals surface area contributed by atoms with Gasteiger partial charge in [0.25, 0.3) is 11.8 Å². The number of thiophene rings is 1. The van der Waals surface area contributed by atoms with E-state index in [0.717, 1.165) is 24.5 Å². The maximum atomic E-state index is 13.2. The second kappa shape index (κ2) is 8.79. The molecular formula is C21H24N4O3S2. The average molecular weight is 445 g/mol. The number of imide groups is 1. The molecule has 2 saturated heterocycles. The Labute approximate surface area is 183 Å². The van der Waals surface area contributed by atoms with E-state index in [0.29, 0.717) is 24.4 Å². The number of hydrogen-bond acceptors (Lipinski definition) is 6. The predicted octanol–water partition coefficient (Wildman–Crippen LogP) is 2.40. The molecule has 9 heteroatoms. The Bertz CT molecular complexity index is 941. The fourth-order valence-electron chi connectivity index (χ4n) is 3.57. The molecule has 158 valence electrons. The molecule has 0 aliphatic carbocycles. The molecule has 1 aromatic carbocycles. The van der Waals surface area contributed by atoms with Gasteiger partial charge in [-0.05, 0) is 30.5 Å². The summed E-state index contributed by atoms with van der Waals surface area (Å²) in [6.45, 7) is 5.71. The molecule has 2 aromatic rings. The molecule has 2 fully saturated rings. The van der Waals surface area contributed by atoms with E-state index in [4.69, 9.17) is 0 Å².